The monoisotopic (exact) mass is 414 g/mol. The molecule has 1 atom stereocenters. The van der Waals surface area contributed by atoms with Crippen molar-refractivity contribution in [3.8, 4) is 17.2 Å². The number of ether oxygens (including phenoxy) is 3. The molecule has 1 unspecified atom stereocenters. The molecule has 7 heteroatoms. The average Bonchev–Trinajstić information content (AvgIpc) is 2.78. The molecule has 7 nitrogen and oxygen atoms in total. The van der Waals surface area contributed by atoms with Crippen molar-refractivity contribution in [3.63, 3.8) is 0 Å². The zero-order valence-electron chi connectivity index (χ0n) is 18.0. The largest absolute Gasteiger partial charge is 0.497 e. The first-order chi connectivity index (χ1) is 14.5. The molecule has 2 rings (SSSR count). The molecule has 0 saturated carbocycles. The maximum Gasteiger partial charge on any atom is 0.261 e. The first-order valence-electron chi connectivity index (χ1n) is 9.99. The van der Waals surface area contributed by atoms with E-state index in [-0.39, 0.29) is 25.0 Å². The molecule has 0 fully saturated rings. The van der Waals surface area contributed by atoms with E-state index >= 15 is 0 Å². The van der Waals surface area contributed by atoms with Crippen LogP contribution in [0.3, 0.4) is 0 Å². The third-order valence-corrected chi connectivity index (χ3v) is 4.65. The second kappa shape index (κ2) is 11.7. The topological polar surface area (TPSA) is 77.1 Å². The molecule has 0 saturated heterocycles. The van der Waals surface area contributed by atoms with Crippen LogP contribution >= 0.6 is 0 Å². The molecule has 0 aromatic heterocycles. The van der Waals surface area contributed by atoms with Gasteiger partial charge in [-0.3, -0.25) is 9.59 Å². The summed E-state index contributed by atoms with van der Waals surface area (Å²) < 4.78 is 16.1. The quantitative estimate of drug-likeness (QED) is 0.612. The lowest BCUT2D eigenvalue weighted by molar-refractivity contribution is -0.142. The van der Waals surface area contributed by atoms with E-state index in [1.165, 1.54) is 0 Å². The Bertz CT molecular complexity index is 823. The summed E-state index contributed by atoms with van der Waals surface area (Å²) in [6.45, 7) is 4.34. The van der Waals surface area contributed by atoms with Crippen molar-refractivity contribution in [2.75, 3.05) is 27.4 Å². The maximum absolute atomic E-state index is 13.1. The fourth-order valence-electron chi connectivity index (χ4n) is 3.08. The van der Waals surface area contributed by atoms with Crippen molar-refractivity contribution in [1.82, 2.24) is 10.2 Å². The molecule has 0 bridgehead atoms. The number of benzene rings is 2. The Morgan fingerprint density at radius 3 is 2.23 bits per heavy atom. The summed E-state index contributed by atoms with van der Waals surface area (Å²) in [7, 11) is 3.18. The van der Waals surface area contributed by atoms with Crippen molar-refractivity contribution in [2.24, 2.45) is 0 Å². The summed E-state index contributed by atoms with van der Waals surface area (Å²) in [5.41, 5.74) is 0.870. The third kappa shape index (κ3) is 6.40. The Labute approximate surface area is 177 Å². The molecular formula is C23H30N2O5. The van der Waals surface area contributed by atoms with Gasteiger partial charge in [0, 0.05) is 13.1 Å². The molecule has 0 radical (unpaired) electrons. The highest BCUT2D eigenvalue weighted by Gasteiger charge is 2.28. The fourth-order valence-corrected chi connectivity index (χ4v) is 3.08. The predicted octanol–water partition coefficient (Wildman–Crippen LogP) is 3.03. The van der Waals surface area contributed by atoms with Crippen LogP contribution in [0.5, 0.6) is 17.2 Å². The van der Waals surface area contributed by atoms with E-state index in [9.17, 15) is 9.59 Å². The van der Waals surface area contributed by atoms with Gasteiger partial charge in [0.25, 0.3) is 5.91 Å². The van der Waals surface area contributed by atoms with Crippen LogP contribution in [-0.2, 0) is 16.1 Å². The van der Waals surface area contributed by atoms with E-state index in [0.29, 0.717) is 30.2 Å². The van der Waals surface area contributed by atoms with E-state index in [4.69, 9.17) is 14.2 Å². The minimum absolute atomic E-state index is 0.174. The summed E-state index contributed by atoms with van der Waals surface area (Å²) in [6, 6.07) is 13.9. The number of rotatable bonds is 11. The number of nitrogens with zero attached hydrogens (tertiary/aromatic N) is 1. The summed E-state index contributed by atoms with van der Waals surface area (Å²) in [5, 5.41) is 2.81. The van der Waals surface area contributed by atoms with Crippen molar-refractivity contribution < 1.29 is 23.8 Å². The molecule has 2 aromatic carbocycles. The number of hydrogen-bond acceptors (Lipinski definition) is 5. The molecule has 0 spiro atoms. The molecule has 162 valence electrons. The van der Waals surface area contributed by atoms with Crippen LogP contribution in [0.25, 0.3) is 0 Å². The first kappa shape index (κ1) is 23.1. The van der Waals surface area contributed by atoms with Gasteiger partial charge in [0.2, 0.25) is 5.91 Å². The Morgan fingerprint density at radius 1 is 0.967 bits per heavy atom. The Morgan fingerprint density at radius 2 is 1.63 bits per heavy atom. The summed E-state index contributed by atoms with van der Waals surface area (Å²) >= 11 is 0. The van der Waals surface area contributed by atoms with Crippen molar-refractivity contribution >= 4 is 11.8 Å². The summed E-state index contributed by atoms with van der Waals surface area (Å²) in [4.78, 5) is 27.2. The lowest BCUT2D eigenvalue weighted by Crippen LogP contribution is -2.50. The lowest BCUT2D eigenvalue weighted by atomic mass is 10.1. The fraction of sp³-hybridized carbons (Fsp3) is 0.391. The van der Waals surface area contributed by atoms with Gasteiger partial charge in [0.1, 0.15) is 23.3 Å². The Balaban J connectivity index is 2.18. The first-order valence-corrected chi connectivity index (χ1v) is 9.99. The molecule has 30 heavy (non-hydrogen) atoms. The van der Waals surface area contributed by atoms with Gasteiger partial charge in [-0.2, -0.15) is 0 Å². The van der Waals surface area contributed by atoms with Crippen LogP contribution in [0.15, 0.2) is 48.5 Å². The predicted molar refractivity (Wildman–Crippen MR) is 115 cm³/mol. The Hall–Kier alpha value is -3.22. The van der Waals surface area contributed by atoms with E-state index in [0.717, 1.165) is 5.56 Å². The lowest BCUT2D eigenvalue weighted by Gasteiger charge is -2.30. The van der Waals surface area contributed by atoms with Crippen LogP contribution in [-0.4, -0.2) is 50.1 Å². The molecule has 2 aromatic rings. The van der Waals surface area contributed by atoms with Gasteiger partial charge in [-0.25, -0.2) is 0 Å². The number of amides is 2. The van der Waals surface area contributed by atoms with E-state index in [1.807, 2.05) is 38.1 Å². The number of carbonyl (C=O) groups excluding carboxylic acids is 2. The van der Waals surface area contributed by atoms with Crippen LogP contribution in [0.2, 0.25) is 0 Å². The minimum atomic E-state index is -0.594. The highest BCUT2D eigenvalue weighted by Crippen LogP contribution is 2.19. The van der Waals surface area contributed by atoms with Crippen LogP contribution in [0.4, 0.5) is 0 Å². The van der Waals surface area contributed by atoms with E-state index in [2.05, 4.69) is 5.32 Å². The SMILES string of the molecule is CCNC(=O)C(CC)N(Cc1cccc(OC)c1)C(=O)COc1ccc(OC)cc1. The third-order valence-electron chi connectivity index (χ3n) is 4.65. The second-order valence-electron chi connectivity index (χ2n) is 6.66. The number of carbonyl (C=O) groups is 2. The van der Waals surface area contributed by atoms with Crippen LogP contribution in [0, 0.1) is 0 Å². The average molecular weight is 415 g/mol. The number of nitrogens with one attached hydrogen (secondary N) is 1. The van der Waals surface area contributed by atoms with E-state index < -0.39 is 6.04 Å². The van der Waals surface area contributed by atoms with Crippen molar-refractivity contribution in [3.05, 3.63) is 54.1 Å². The normalized spacial score (nSPS) is 11.3. The van der Waals surface area contributed by atoms with Crippen LogP contribution in [0.1, 0.15) is 25.8 Å². The van der Waals surface area contributed by atoms with Gasteiger partial charge in [-0.15, -0.1) is 0 Å². The highest BCUT2D eigenvalue weighted by atomic mass is 16.5. The Kier molecular flexibility index (Phi) is 9.00. The summed E-state index contributed by atoms with van der Waals surface area (Å²) in [5.74, 6) is 1.50. The standard InChI is InChI=1S/C23H30N2O5/c1-5-21(23(27)24-6-2)25(15-17-8-7-9-20(14-17)29-4)22(26)16-30-19-12-10-18(28-3)11-13-19/h7-14,21H,5-6,15-16H2,1-4H3,(H,24,27). The van der Waals surface area contributed by atoms with Gasteiger partial charge >= 0.3 is 0 Å². The minimum Gasteiger partial charge on any atom is -0.497 e. The highest BCUT2D eigenvalue weighted by molar-refractivity contribution is 5.88. The van der Waals surface area contributed by atoms with Gasteiger partial charge < -0.3 is 24.4 Å². The molecule has 1 N–H and O–H groups in total. The number of methoxy groups -OCH3 is 2. The van der Waals surface area contributed by atoms with Crippen molar-refractivity contribution in [1.29, 1.82) is 0 Å². The van der Waals surface area contributed by atoms with Gasteiger partial charge in [-0.05, 0) is 55.3 Å². The molecule has 0 aliphatic carbocycles. The zero-order chi connectivity index (χ0) is 21.9. The van der Waals surface area contributed by atoms with Gasteiger partial charge in [0.15, 0.2) is 6.61 Å². The van der Waals surface area contributed by atoms with Gasteiger partial charge in [-0.1, -0.05) is 19.1 Å². The van der Waals surface area contributed by atoms with Crippen molar-refractivity contribution in [2.45, 2.75) is 32.9 Å². The molecular weight excluding hydrogens is 384 g/mol. The molecule has 0 heterocycles. The van der Waals surface area contributed by atoms with E-state index in [1.54, 1.807) is 43.4 Å². The van der Waals surface area contributed by atoms with Gasteiger partial charge in [0.05, 0.1) is 14.2 Å². The zero-order valence-corrected chi connectivity index (χ0v) is 18.0. The summed E-state index contributed by atoms with van der Waals surface area (Å²) in [6.07, 6.45) is 0.490. The molecule has 0 aliphatic heterocycles. The molecule has 0 aliphatic rings. The molecule has 2 amide bonds. The number of likely N-dealkylation sites (N-methyl/N-ethyl adjacent to an activating group) is 1. The second-order valence-corrected chi connectivity index (χ2v) is 6.66. The smallest absolute Gasteiger partial charge is 0.261 e. The maximum atomic E-state index is 13.1. The number of hydrogen-bond donors (Lipinski definition) is 1. The van der Waals surface area contributed by atoms with Crippen LogP contribution < -0.4 is 19.5 Å².